The van der Waals surface area contributed by atoms with Crippen LogP contribution in [0.1, 0.15) is 5.56 Å². The fourth-order valence-electron chi connectivity index (χ4n) is 2.65. The number of rotatable bonds is 2. The molecular formula is C17H13ClN4OS. The lowest BCUT2D eigenvalue weighted by Crippen LogP contribution is -2.19. The molecule has 120 valence electrons. The van der Waals surface area contributed by atoms with Crippen LogP contribution in [0.25, 0.3) is 16.3 Å². The van der Waals surface area contributed by atoms with Gasteiger partial charge in [0.2, 0.25) is 0 Å². The van der Waals surface area contributed by atoms with Gasteiger partial charge in [0.25, 0.3) is 5.56 Å². The lowest BCUT2D eigenvalue weighted by Gasteiger charge is -2.05. The van der Waals surface area contributed by atoms with Crippen molar-refractivity contribution in [2.45, 2.75) is 16.8 Å². The summed E-state index contributed by atoms with van der Waals surface area (Å²) in [5, 5.41) is 10.9. The van der Waals surface area contributed by atoms with E-state index in [0.29, 0.717) is 15.9 Å². The average molecular weight is 357 g/mol. The van der Waals surface area contributed by atoms with Gasteiger partial charge in [-0.1, -0.05) is 41.6 Å². The van der Waals surface area contributed by atoms with Crippen molar-refractivity contribution >= 4 is 39.7 Å². The molecule has 0 aliphatic heterocycles. The molecule has 0 atom stereocenters. The Morgan fingerprint density at radius 1 is 1.12 bits per heavy atom. The third-order valence-corrected chi connectivity index (χ3v) is 5.27. The molecule has 0 fully saturated rings. The molecule has 0 amide bonds. The minimum absolute atomic E-state index is 0.182. The summed E-state index contributed by atoms with van der Waals surface area (Å²) in [5.74, 6) is 0. The summed E-state index contributed by atoms with van der Waals surface area (Å²) in [6, 6.07) is 12.0. The van der Waals surface area contributed by atoms with Crippen LogP contribution in [0.5, 0.6) is 0 Å². The van der Waals surface area contributed by atoms with Crippen molar-refractivity contribution in [3.05, 3.63) is 63.7 Å². The maximum absolute atomic E-state index is 12.4. The molecule has 3 heterocycles. The van der Waals surface area contributed by atoms with Gasteiger partial charge < -0.3 is 0 Å². The van der Waals surface area contributed by atoms with Crippen LogP contribution in [-0.2, 0) is 7.05 Å². The van der Waals surface area contributed by atoms with Gasteiger partial charge in [0.05, 0.1) is 10.9 Å². The second kappa shape index (κ2) is 5.65. The number of hydrogen-bond donors (Lipinski definition) is 0. The predicted molar refractivity (Wildman–Crippen MR) is 96.0 cm³/mol. The third kappa shape index (κ3) is 2.39. The minimum atomic E-state index is -0.182. The Hall–Kier alpha value is -2.31. The molecule has 0 saturated heterocycles. The van der Waals surface area contributed by atoms with Crippen LogP contribution < -0.4 is 5.56 Å². The molecule has 5 nitrogen and oxygen atoms in total. The molecule has 3 aromatic heterocycles. The van der Waals surface area contributed by atoms with Gasteiger partial charge in [0.1, 0.15) is 5.03 Å². The lowest BCUT2D eigenvalue weighted by molar-refractivity contribution is 0.719. The molecular weight excluding hydrogens is 344 g/mol. The van der Waals surface area contributed by atoms with Crippen LogP contribution in [0.4, 0.5) is 0 Å². The molecule has 1 aromatic carbocycles. The second-order valence-corrected chi connectivity index (χ2v) is 6.93. The summed E-state index contributed by atoms with van der Waals surface area (Å²) in [4.78, 5) is 13.5. The normalized spacial score (nSPS) is 11.5. The number of aromatic nitrogens is 4. The van der Waals surface area contributed by atoms with Gasteiger partial charge >= 0.3 is 0 Å². The van der Waals surface area contributed by atoms with Gasteiger partial charge in [0, 0.05) is 23.5 Å². The average Bonchev–Trinajstić information content (AvgIpc) is 2.94. The Morgan fingerprint density at radius 3 is 2.71 bits per heavy atom. The van der Waals surface area contributed by atoms with Gasteiger partial charge in [0.15, 0.2) is 5.15 Å². The van der Waals surface area contributed by atoms with Crippen LogP contribution in [0.2, 0.25) is 5.15 Å². The molecule has 7 heteroatoms. The molecule has 0 N–H and O–H groups in total. The number of aryl methyl sites for hydroxylation is 2. The molecule has 0 aliphatic carbocycles. The van der Waals surface area contributed by atoms with Gasteiger partial charge in [-0.2, -0.15) is 10.2 Å². The van der Waals surface area contributed by atoms with Crippen molar-refractivity contribution < 1.29 is 0 Å². The van der Waals surface area contributed by atoms with Crippen molar-refractivity contribution in [3.63, 3.8) is 0 Å². The van der Waals surface area contributed by atoms with Crippen LogP contribution in [0, 0.1) is 6.92 Å². The smallest absolute Gasteiger partial charge is 0.267 e. The first-order valence-corrected chi connectivity index (χ1v) is 8.52. The van der Waals surface area contributed by atoms with Crippen molar-refractivity contribution in [2.24, 2.45) is 7.05 Å². The molecule has 0 radical (unpaired) electrons. The molecule has 0 saturated carbocycles. The number of fused-ring (bicyclic) bond motifs is 3. The monoisotopic (exact) mass is 356 g/mol. The van der Waals surface area contributed by atoms with Crippen molar-refractivity contribution in [3.8, 4) is 0 Å². The summed E-state index contributed by atoms with van der Waals surface area (Å²) in [5.41, 5.74) is 1.74. The highest BCUT2D eigenvalue weighted by Crippen LogP contribution is 2.30. The standard InChI is InChI=1S/C17H13ClN4OS/c1-10-5-3-4-6-13(10)24-14-8-7-12-15-11(9-22(12)19-14)16(18)20-21(2)17(15)23/h3-9H,1-2H3. The summed E-state index contributed by atoms with van der Waals surface area (Å²) >= 11 is 7.77. The van der Waals surface area contributed by atoms with Crippen molar-refractivity contribution in [1.29, 1.82) is 0 Å². The van der Waals surface area contributed by atoms with E-state index >= 15 is 0 Å². The lowest BCUT2D eigenvalue weighted by atomic mass is 10.2. The zero-order valence-corrected chi connectivity index (χ0v) is 14.6. The SMILES string of the molecule is Cc1ccccc1Sc1ccc2c3c(=O)n(C)nc(Cl)c3cn2n1. The van der Waals surface area contributed by atoms with Gasteiger partial charge in [-0.25, -0.2) is 9.20 Å². The summed E-state index contributed by atoms with van der Waals surface area (Å²) < 4.78 is 2.95. The molecule has 0 bridgehead atoms. The van der Waals surface area contributed by atoms with E-state index in [9.17, 15) is 4.79 Å². The zero-order valence-electron chi connectivity index (χ0n) is 13.0. The Bertz CT molecular complexity index is 1150. The number of hydrogen-bond acceptors (Lipinski definition) is 4. The molecule has 4 rings (SSSR count). The van der Waals surface area contributed by atoms with Crippen molar-refractivity contribution in [1.82, 2.24) is 19.4 Å². The van der Waals surface area contributed by atoms with Crippen LogP contribution in [-0.4, -0.2) is 19.4 Å². The quantitative estimate of drug-likeness (QED) is 0.549. The van der Waals surface area contributed by atoms with E-state index in [1.54, 1.807) is 29.5 Å². The van der Waals surface area contributed by atoms with E-state index in [2.05, 4.69) is 29.3 Å². The fraction of sp³-hybridized carbons (Fsp3) is 0.118. The van der Waals surface area contributed by atoms with Gasteiger partial charge in [-0.05, 0) is 30.7 Å². The van der Waals surface area contributed by atoms with Crippen LogP contribution in [0.3, 0.4) is 0 Å². The first-order valence-electron chi connectivity index (χ1n) is 7.33. The van der Waals surface area contributed by atoms with Gasteiger partial charge in [-0.15, -0.1) is 0 Å². The summed E-state index contributed by atoms with van der Waals surface area (Å²) in [6.07, 6.45) is 1.75. The van der Waals surface area contributed by atoms with E-state index in [1.165, 1.54) is 10.2 Å². The fourth-order valence-corrected chi connectivity index (χ4v) is 3.78. The van der Waals surface area contributed by atoms with E-state index < -0.39 is 0 Å². The Morgan fingerprint density at radius 2 is 1.92 bits per heavy atom. The van der Waals surface area contributed by atoms with Gasteiger partial charge in [-0.3, -0.25) is 4.79 Å². The highest BCUT2D eigenvalue weighted by Gasteiger charge is 2.14. The second-order valence-electron chi connectivity index (χ2n) is 5.51. The van der Waals surface area contributed by atoms with E-state index in [-0.39, 0.29) is 5.56 Å². The Labute approximate surface area is 146 Å². The highest BCUT2D eigenvalue weighted by molar-refractivity contribution is 7.99. The number of benzene rings is 1. The topological polar surface area (TPSA) is 52.2 Å². The highest BCUT2D eigenvalue weighted by atomic mass is 35.5. The number of halogens is 1. The first-order chi connectivity index (χ1) is 11.5. The summed E-state index contributed by atoms with van der Waals surface area (Å²) in [7, 11) is 1.59. The maximum atomic E-state index is 12.4. The van der Waals surface area contributed by atoms with E-state index in [4.69, 9.17) is 11.6 Å². The number of nitrogens with zero attached hydrogens (tertiary/aromatic N) is 4. The maximum Gasteiger partial charge on any atom is 0.276 e. The van der Waals surface area contributed by atoms with E-state index in [1.807, 2.05) is 24.3 Å². The first kappa shape index (κ1) is 15.2. The van der Waals surface area contributed by atoms with Crippen molar-refractivity contribution in [2.75, 3.05) is 0 Å². The molecule has 4 aromatic rings. The largest absolute Gasteiger partial charge is 0.276 e. The minimum Gasteiger partial charge on any atom is -0.267 e. The molecule has 0 unspecified atom stereocenters. The zero-order chi connectivity index (χ0) is 16.8. The van der Waals surface area contributed by atoms with E-state index in [0.717, 1.165) is 15.4 Å². The molecule has 0 aliphatic rings. The summed E-state index contributed by atoms with van der Waals surface area (Å²) in [6.45, 7) is 2.07. The van der Waals surface area contributed by atoms with Crippen LogP contribution in [0.15, 0.2) is 57.3 Å². The third-order valence-electron chi connectivity index (χ3n) is 3.89. The Kier molecular flexibility index (Phi) is 3.58. The Balaban J connectivity index is 1.89. The van der Waals surface area contributed by atoms with Crippen LogP contribution >= 0.6 is 23.4 Å². The predicted octanol–water partition coefficient (Wildman–Crippen LogP) is 3.69. The molecule has 24 heavy (non-hydrogen) atoms. The molecule has 0 spiro atoms.